The van der Waals surface area contributed by atoms with Gasteiger partial charge in [0.05, 0.1) is 24.0 Å². The van der Waals surface area contributed by atoms with E-state index in [0.717, 1.165) is 75.9 Å². The van der Waals surface area contributed by atoms with E-state index in [9.17, 15) is 24.3 Å². The van der Waals surface area contributed by atoms with Crippen LogP contribution in [0.3, 0.4) is 0 Å². The maximum atomic E-state index is 13.4. The Morgan fingerprint density at radius 1 is 0.543 bits per heavy atom. The van der Waals surface area contributed by atoms with Crippen LogP contribution in [0.4, 0.5) is 11.4 Å². The molecule has 14 heteroatoms. The minimum Gasteiger partial charge on any atom is -0.454 e. The topological polar surface area (TPSA) is 165 Å². The van der Waals surface area contributed by atoms with E-state index in [1.165, 1.54) is 4.90 Å². The zero-order valence-electron chi connectivity index (χ0n) is 39.9. The van der Waals surface area contributed by atoms with Crippen molar-refractivity contribution in [2.45, 2.75) is 56.7 Å². The van der Waals surface area contributed by atoms with Crippen molar-refractivity contribution in [3.63, 3.8) is 0 Å². The van der Waals surface area contributed by atoms with Crippen LogP contribution in [-0.2, 0) is 38.4 Å². The highest BCUT2D eigenvalue weighted by molar-refractivity contribution is 6.03. The number of anilines is 2. The van der Waals surface area contributed by atoms with E-state index in [2.05, 4.69) is 10.6 Å². The number of nitrogens with one attached hydrogen (secondary N) is 2. The van der Waals surface area contributed by atoms with Gasteiger partial charge < -0.3 is 49.2 Å². The lowest BCUT2D eigenvalue weighted by molar-refractivity contribution is -0.119. The standard InChI is InChI=1S/C29H30N2O5.C27H26N2O5/c1-4-34-17-21-9-11-23(16-24(21)19-5-7-20(8-6-19)27(32)31(2)3)30-28(33)29(13-14-29)22-10-12-25-26(15-22)36-18-35-25;1-29(2)25(31)18-5-3-17(4-6-18)22-14-21(9-7-19(22)15-30)28-26(32)27(11-12-27)20-8-10-23-24(13-20)34-16-33-23/h5-12,15-16H,4,13-14,17-18H2,1-3H3,(H,30,33);3-10,13-14,30H,11-12,15-16H2,1-2H3,(H,28,32). The van der Waals surface area contributed by atoms with Crippen molar-refractivity contribution in [1.29, 1.82) is 0 Å². The van der Waals surface area contributed by atoms with Crippen LogP contribution in [0.5, 0.6) is 23.0 Å². The van der Waals surface area contributed by atoms with Gasteiger partial charge in [0.2, 0.25) is 25.4 Å². The minimum absolute atomic E-state index is 0.0307. The predicted octanol–water partition coefficient (Wildman–Crippen LogP) is 8.94. The molecule has 2 fully saturated rings. The van der Waals surface area contributed by atoms with Crippen molar-refractivity contribution in [3.05, 3.63) is 155 Å². The van der Waals surface area contributed by atoms with E-state index in [1.54, 1.807) is 51.3 Å². The van der Waals surface area contributed by atoms with Gasteiger partial charge in [0.1, 0.15) is 0 Å². The van der Waals surface area contributed by atoms with Gasteiger partial charge in [-0.15, -0.1) is 0 Å². The molecule has 0 atom stereocenters. The fourth-order valence-electron chi connectivity index (χ4n) is 8.86. The summed E-state index contributed by atoms with van der Waals surface area (Å²) in [5.74, 6) is 2.54. The van der Waals surface area contributed by atoms with E-state index < -0.39 is 10.8 Å². The first-order chi connectivity index (χ1) is 33.8. The van der Waals surface area contributed by atoms with Gasteiger partial charge in [0, 0.05) is 57.3 Å². The first-order valence-electron chi connectivity index (χ1n) is 23.3. The molecule has 0 unspecified atom stereocenters. The van der Waals surface area contributed by atoms with E-state index in [4.69, 9.17) is 23.7 Å². The van der Waals surface area contributed by atoms with Crippen LogP contribution in [0.1, 0.15) is 75.6 Å². The molecule has 2 heterocycles. The Bertz CT molecular complexity index is 2960. The predicted molar refractivity (Wildman–Crippen MR) is 265 cm³/mol. The lowest BCUT2D eigenvalue weighted by Gasteiger charge is -2.18. The molecule has 4 aliphatic rings. The highest BCUT2D eigenvalue weighted by atomic mass is 16.7. The van der Waals surface area contributed by atoms with Crippen LogP contribution in [-0.4, -0.2) is 86.9 Å². The lowest BCUT2D eigenvalue weighted by atomic mass is 9.94. The Morgan fingerprint density at radius 3 is 1.36 bits per heavy atom. The summed E-state index contributed by atoms with van der Waals surface area (Å²) in [6, 6.07) is 37.5. The van der Waals surface area contributed by atoms with Crippen molar-refractivity contribution in [1.82, 2.24) is 9.80 Å². The first-order valence-corrected chi connectivity index (χ1v) is 23.3. The van der Waals surface area contributed by atoms with Gasteiger partial charge in [-0.05, 0) is 150 Å². The van der Waals surface area contributed by atoms with Gasteiger partial charge in [-0.1, -0.05) is 48.5 Å². The molecule has 0 bridgehead atoms. The van der Waals surface area contributed by atoms with Gasteiger partial charge in [0.15, 0.2) is 23.0 Å². The highest BCUT2D eigenvalue weighted by Gasteiger charge is 2.52. The molecule has 0 spiro atoms. The summed E-state index contributed by atoms with van der Waals surface area (Å²) in [6.07, 6.45) is 3.10. The fraction of sp³-hybridized carbons (Fsp3) is 0.286. The molecule has 6 aromatic carbocycles. The number of ether oxygens (including phenoxy) is 5. The SMILES string of the molecule is CCOCc1ccc(NC(=O)C2(c3ccc4c(c3)OCO4)CC2)cc1-c1ccc(C(=O)N(C)C)cc1.CN(C)C(=O)c1ccc(-c2cc(NC(=O)C3(c4ccc5c(c4)OCO5)CC3)ccc2CO)cc1. The van der Waals surface area contributed by atoms with Gasteiger partial charge in [-0.2, -0.15) is 0 Å². The first kappa shape index (κ1) is 47.4. The zero-order valence-corrected chi connectivity index (χ0v) is 39.9. The van der Waals surface area contributed by atoms with E-state index in [-0.39, 0.29) is 43.8 Å². The summed E-state index contributed by atoms with van der Waals surface area (Å²) < 4.78 is 27.5. The van der Waals surface area contributed by atoms with Crippen LogP contribution >= 0.6 is 0 Å². The molecule has 14 nitrogen and oxygen atoms in total. The second-order valence-electron chi connectivity index (χ2n) is 18.3. The van der Waals surface area contributed by atoms with E-state index >= 15 is 0 Å². The number of rotatable bonds is 14. The van der Waals surface area contributed by atoms with Crippen molar-refractivity contribution in [2.24, 2.45) is 0 Å². The maximum absolute atomic E-state index is 13.4. The molecule has 2 saturated carbocycles. The molecule has 0 saturated heterocycles. The molecule has 10 rings (SSSR count). The number of aliphatic hydroxyl groups excluding tert-OH is 1. The summed E-state index contributed by atoms with van der Waals surface area (Å²) in [4.78, 5) is 54.3. The van der Waals surface area contributed by atoms with E-state index in [1.807, 2.05) is 110 Å². The summed E-state index contributed by atoms with van der Waals surface area (Å²) in [5, 5.41) is 16.1. The summed E-state index contributed by atoms with van der Waals surface area (Å²) in [7, 11) is 6.89. The molecule has 6 aromatic rings. The quantitative estimate of drug-likeness (QED) is 0.0961. The molecule has 0 radical (unpaired) electrons. The van der Waals surface area contributed by atoms with Gasteiger partial charge in [0.25, 0.3) is 11.8 Å². The molecule has 2 aliphatic heterocycles. The van der Waals surface area contributed by atoms with Crippen molar-refractivity contribution in [2.75, 3.05) is 59.0 Å². The van der Waals surface area contributed by atoms with Crippen LogP contribution in [0.15, 0.2) is 121 Å². The lowest BCUT2D eigenvalue weighted by Crippen LogP contribution is -2.27. The molecule has 3 N–H and O–H groups in total. The fourth-order valence-corrected chi connectivity index (χ4v) is 8.86. The van der Waals surface area contributed by atoms with Gasteiger partial charge >= 0.3 is 0 Å². The third-order valence-electron chi connectivity index (χ3n) is 13.3. The second kappa shape index (κ2) is 19.7. The van der Waals surface area contributed by atoms with Crippen LogP contribution < -0.4 is 29.6 Å². The third kappa shape index (κ3) is 9.65. The monoisotopic (exact) mass is 944 g/mol. The number of fused-ring (bicyclic) bond motifs is 2. The Morgan fingerprint density at radius 2 is 0.957 bits per heavy atom. The smallest absolute Gasteiger partial charge is 0.253 e. The molecular weight excluding hydrogens is 889 g/mol. The number of carbonyl (C=O) groups excluding carboxylic acids is 4. The molecule has 70 heavy (non-hydrogen) atoms. The van der Waals surface area contributed by atoms with Crippen molar-refractivity contribution >= 4 is 35.0 Å². The van der Waals surface area contributed by atoms with Crippen LogP contribution in [0.25, 0.3) is 22.3 Å². The average molecular weight is 945 g/mol. The molecule has 360 valence electrons. The average Bonchev–Trinajstić information content (AvgIpc) is 4.28. The summed E-state index contributed by atoms with van der Waals surface area (Å²) in [6.45, 7) is 3.29. The number of amides is 4. The number of hydrogen-bond donors (Lipinski definition) is 3. The molecular formula is C56H56N4O10. The summed E-state index contributed by atoms with van der Waals surface area (Å²) in [5.41, 5.74) is 8.62. The third-order valence-corrected chi connectivity index (χ3v) is 13.3. The van der Waals surface area contributed by atoms with Crippen LogP contribution in [0.2, 0.25) is 0 Å². The van der Waals surface area contributed by atoms with Gasteiger partial charge in [-0.3, -0.25) is 19.2 Å². The van der Waals surface area contributed by atoms with Gasteiger partial charge in [-0.25, -0.2) is 0 Å². The second-order valence-corrected chi connectivity index (χ2v) is 18.3. The molecule has 0 aromatic heterocycles. The number of nitrogens with zero attached hydrogens (tertiary/aromatic N) is 2. The Balaban J connectivity index is 0.000000174. The van der Waals surface area contributed by atoms with E-state index in [0.29, 0.717) is 53.0 Å². The maximum Gasteiger partial charge on any atom is 0.253 e. The molecule has 2 aliphatic carbocycles. The Hall–Kier alpha value is -7.68. The number of hydrogen-bond acceptors (Lipinski definition) is 10. The highest BCUT2D eigenvalue weighted by Crippen LogP contribution is 2.52. The van der Waals surface area contributed by atoms with Crippen LogP contribution in [0, 0.1) is 0 Å². The molecule has 4 amide bonds. The number of aliphatic hydroxyl groups is 1. The largest absolute Gasteiger partial charge is 0.454 e. The summed E-state index contributed by atoms with van der Waals surface area (Å²) >= 11 is 0. The minimum atomic E-state index is -0.578. The van der Waals surface area contributed by atoms with Crippen molar-refractivity contribution in [3.8, 4) is 45.3 Å². The Labute approximate surface area is 407 Å². The number of carbonyl (C=O) groups is 4. The normalized spacial score (nSPS) is 14.9. The Kier molecular flexibility index (Phi) is 13.4. The van der Waals surface area contributed by atoms with Crippen molar-refractivity contribution < 1.29 is 48.0 Å². The zero-order chi connectivity index (χ0) is 49.2. The number of benzene rings is 6.